The summed E-state index contributed by atoms with van der Waals surface area (Å²) in [7, 11) is 4.90. The number of carbonyl (C=O) groups excluding carboxylic acids is 1. The van der Waals surface area contributed by atoms with E-state index in [2.05, 4.69) is 46.7 Å². The second-order valence-corrected chi connectivity index (χ2v) is 8.26. The fourth-order valence-electron chi connectivity index (χ4n) is 4.50. The van der Waals surface area contributed by atoms with E-state index in [0.29, 0.717) is 17.9 Å². The molecule has 2 N–H and O–H groups in total. The predicted octanol–water partition coefficient (Wildman–Crippen LogP) is 2.84. The van der Waals surface area contributed by atoms with Crippen molar-refractivity contribution < 1.29 is 14.3 Å². The van der Waals surface area contributed by atoms with Crippen LogP contribution in [0.1, 0.15) is 30.0 Å². The number of benzene rings is 2. The highest BCUT2D eigenvalue weighted by molar-refractivity contribution is 6.14. The summed E-state index contributed by atoms with van der Waals surface area (Å²) < 4.78 is 11.2. The van der Waals surface area contributed by atoms with Crippen molar-refractivity contribution in [3.63, 3.8) is 0 Å². The lowest BCUT2D eigenvalue weighted by atomic mass is 9.93. The third kappa shape index (κ3) is 4.61. The average Bonchev–Trinajstić information content (AvgIpc) is 3.04. The molecule has 2 aromatic carbocycles. The molecule has 0 bridgehead atoms. The normalized spacial score (nSPS) is 18.2. The summed E-state index contributed by atoms with van der Waals surface area (Å²) in [5.41, 5.74) is 4.92. The Balaban J connectivity index is 1.82. The zero-order valence-electron chi connectivity index (χ0n) is 19.9. The molecule has 2 aliphatic rings. The van der Waals surface area contributed by atoms with Crippen molar-refractivity contribution in [3.05, 3.63) is 53.1 Å². The molecule has 1 saturated heterocycles. The molecule has 0 aliphatic carbocycles. The summed E-state index contributed by atoms with van der Waals surface area (Å²) in [5.74, 6) is 1.32. The molecule has 2 amide bonds. The Morgan fingerprint density at radius 3 is 2.39 bits per heavy atom. The van der Waals surface area contributed by atoms with Gasteiger partial charge in [-0.05, 0) is 42.7 Å². The molecule has 1 fully saturated rings. The van der Waals surface area contributed by atoms with E-state index in [-0.39, 0.29) is 12.1 Å². The van der Waals surface area contributed by atoms with Gasteiger partial charge in [0.05, 0.1) is 26.0 Å². The molecule has 1 atom stereocenters. The molecule has 4 rings (SSSR count). The zero-order valence-corrected chi connectivity index (χ0v) is 19.9. The Morgan fingerprint density at radius 2 is 1.79 bits per heavy atom. The third-order valence-electron chi connectivity index (χ3n) is 6.39. The Morgan fingerprint density at radius 1 is 1.12 bits per heavy atom. The number of ether oxygens (including phenoxy) is 2. The molecule has 0 unspecified atom stereocenters. The highest BCUT2D eigenvalue weighted by Crippen LogP contribution is 2.35. The highest BCUT2D eigenvalue weighted by atomic mass is 16.5. The van der Waals surface area contributed by atoms with Crippen molar-refractivity contribution in [2.45, 2.75) is 25.8 Å². The van der Waals surface area contributed by atoms with Crippen molar-refractivity contribution in [2.75, 3.05) is 52.3 Å². The molecule has 2 aliphatic heterocycles. The summed E-state index contributed by atoms with van der Waals surface area (Å²) >= 11 is 0. The fraction of sp³-hybridized carbons (Fsp3) is 0.440. The fourth-order valence-corrected chi connectivity index (χ4v) is 4.50. The van der Waals surface area contributed by atoms with Crippen LogP contribution in [0.5, 0.6) is 11.5 Å². The number of rotatable bonds is 5. The van der Waals surface area contributed by atoms with E-state index < -0.39 is 0 Å². The van der Waals surface area contributed by atoms with Gasteiger partial charge < -0.3 is 25.0 Å². The van der Waals surface area contributed by atoms with Crippen molar-refractivity contribution in [2.24, 2.45) is 5.10 Å². The van der Waals surface area contributed by atoms with E-state index in [9.17, 15) is 4.79 Å². The molecule has 33 heavy (non-hydrogen) atoms. The molecule has 0 saturated carbocycles. The van der Waals surface area contributed by atoms with Crippen LogP contribution in [0, 0.1) is 0 Å². The minimum atomic E-state index is -0.219. The Bertz CT molecular complexity index is 1020. The molecular weight excluding hydrogens is 418 g/mol. The van der Waals surface area contributed by atoms with Crippen molar-refractivity contribution >= 4 is 17.4 Å². The summed E-state index contributed by atoms with van der Waals surface area (Å²) in [6.45, 7) is 6.03. The maximum Gasteiger partial charge on any atom is 0.337 e. The van der Waals surface area contributed by atoms with Gasteiger partial charge in [0.2, 0.25) is 0 Å². The minimum Gasteiger partial charge on any atom is -0.493 e. The average molecular weight is 452 g/mol. The lowest BCUT2D eigenvalue weighted by Crippen LogP contribution is -2.43. The first-order valence-corrected chi connectivity index (χ1v) is 11.5. The van der Waals surface area contributed by atoms with Gasteiger partial charge in [-0.1, -0.05) is 19.1 Å². The number of urea groups is 1. The van der Waals surface area contributed by atoms with E-state index in [4.69, 9.17) is 14.6 Å². The van der Waals surface area contributed by atoms with Gasteiger partial charge in [0, 0.05) is 50.0 Å². The van der Waals surface area contributed by atoms with Gasteiger partial charge in [-0.2, -0.15) is 5.10 Å². The van der Waals surface area contributed by atoms with E-state index >= 15 is 0 Å². The van der Waals surface area contributed by atoms with Gasteiger partial charge in [0.1, 0.15) is 0 Å². The zero-order chi connectivity index (χ0) is 23.4. The molecule has 0 aromatic heterocycles. The first-order valence-electron chi connectivity index (χ1n) is 11.5. The summed E-state index contributed by atoms with van der Waals surface area (Å²) in [4.78, 5) is 15.1. The van der Waals surface area contributed by atoms with Crippen LogP contribution in [-0.2, 0) is 6.42 Å². The van der Waals surface area contributed by atoms with Crippen molar-refractivity contribution in [3.8, 4) is 11.5 Å². The minimum absolute atomic E-state index is 0.0700. The third-order valence-corrected chi connectivity index (χ3v) is 6.39. The number of methoxy groups -OCH3 is 2. The Hall–Kier alpha value is -3.26. The monoisotopic (exact) mass is 451 g/mol. The molecule has 2 aromatic rings. The number of amides is 2. The highest BCUT2D eigenvalue weighted by Gasteiger charge is 2.30. The number of piperazine rings is 1. The molecule has 2 heterocycles. The standard InChI is InChI=1S/C25H33N5O3/c1-5-19-14-18-15-22(32-3)23(33-4)16-21(18)24(28-30(19)25(31)26-2)17-6-8-20(9-7-17)29-12-10-27-11-13-29/h6-9,15-16,19,27H,5,10-14H2,1-4H3,(H,26,31)/t19-/m1/s1. The number of carbonyl (C=O) groups is 1. The molecule has 176 valence electrons. The van der Waals surface area contributed by atoms with Crippen LogP contribution >= 0.6 is 0 Å². The van der Waals surface area contributed by atoms with E-state index in [1.807, 2.05) is 12.1 Å². The Kier molecular flexibility index (Phi) is 7.03. The Labute approximate surface area is 195 Å². The quantitative estimate of drug-likeness (QED) is 0.731. The van der Waals surface area contributed by atoms with Gasteiger partial charge >= 0.3 is 6.03 Å². The number of hydrogen-bond donors (Lipinski definition) is 2. The molecule has 0 radical (unpaired) electrons. The second-order valence-electron chi connectivity index (χ2n) is 8.26. The lowest BCUT2D eigenvalue weighted by Gasteiger charge is -2.29. The number of nitrogens with one attached hydrogen (secondary N) is 2. The van der Waals surface area contributed by atoms with Gasteiger partial charge in [0.15, 0.2) is 11.5 Å². The number of fused-ring (bicyclic) bond motifs is 1. The van der Waals surface area contributed by atoms with Gasteiger partial charge in [-0.25, -0.2) is 9.80 Å². The number of hydrazone groups is 1. The maximum absolute atomic E-state index is 12.8. The molecule has 0 spiro atoms. The lowest BCUT2D eigenvalue weighted by molar-refractivity contribution is 0.177. The SMILES string of the molecule is CC[C@@H]1Cc2cc(OC)c(OC)cc2C(c2ccc(N3CCNCC3)cc2)=NN1C(=O)NC. The van der Waals surface area contributed by atoms with Gasteiger partial charge in [-0.3, -0.25) is 0 Å². The van der Waals surface area contributed by atoms with E-state index in [1.165, 1.54) is 5.69 Å². The smallest absolute Gasteiger partial charge is 0.337 e. The van der Waals surface area contributed by atoms with Crippen molar-refractivity contribution in [1.82, 2.24) is 15.6 Å². The van der Waals surface area contributed by atoms with Crippen molar-refractivity contribution in [1.29, 1.82) is 0 Å². The second kappa shape index (κ2) is 10.1. The molecule has 8 nitrogen and oxygen atoms in total. The van der Waals surface area contributed by atoms with Crippen LogP contribution in [0.25, 0.3) is 0 Å². The largest absolute Gasteiger partial charge is 0.493 e. The summed E-state index contributed by atoms with van der Waals surface area (Å²) in [6.07, 6.45) is 1.45. The topological polar surface area (TPSA) is 78.4 Å². The van der Waals surface area contributed by atoms with Gasteiger partial charge in [0.25, 0.3) is 0 Å². The molecular formula is C25H33N5O3. The van der Waals surface area contributed by atoms with Crippen LogP contribution in [0.15, 0.2) is 41.5 Å². The number of nitrogens with zero attached hydrogens (tertiary/aromatic N) is 3. The summed E-state index contributed by atoms with van der Waals surface area (Å²) in [6, 6.07) is 12.1. The van der Waals surface area contributed by atoms with Crippen LogP contribution < -0.4 is 25.0 Å². The van der Waals surface area contributed by atoms with Crippen LogP contribution in [0.3, 0.4) is 0 Å². The van der Waals surface area contributed by atoms with Crippen LogP contribution in [0.2, 0.25) is 0 Å². The number of anilines is 1. The maximum atomic E-state index is 12.8. The molecule has 8 heteroatoms. The first-order chi connectivity index (χ1) is 16.1. The van der Waals surface area contributed by atoms with Crippen LogP contribution in [0.4, 0.5) is 10.5 Å². The van der Waals surface area contributed by atoms with E-state index in [0.717, 1.165) is 55.0 Å². The number of hydrogen-bond acceptors (Lipinski definition) is 6. The summed E-state index contributed by atoms with van der Waals surface area (Å²) in [5, 5.41) is 12.6. The van der Waals surface area contributed by atoms with E-state index in [1.54, 1.807) is 26.3 Å². The van der Waals surface area contributed by atoms with Gasteiger partial charge in [-0.15, -0.1) is 0 Å². The first kappa shape index (κ1) is 22.9. The predicted molar refractivity (Wildman–Crippen MR) is 131 cm³/mol. The van der Waals surface area contributed by atoms with Crippen LogP contribution in [-0.4, -0.2) is 70.2 Å².